The van der Waals surface area contributed by atoms with Gasteiger partial charge in [0.15, 0.2) is 21.3 Å². The molecule has 8 heteroatoms. The zero-order valence-corrected chi connectivity index (χ0v) is 19.0. The minimum atomic E-state index is -0.412. The Bertz CT molecular complexity index is 1380. The highest BCUT2D eigenvalue weighted by molar-refractivity contribution is 7.21. The lowest BCUT2D eigenvalue weighted by molar-refractivity contribution is -0.120. The molecule has 0 radical (unpaired) electrons. The molecule has 5 rings (SSSR count). The molecule has 33 heavy (non-hydrogen) atoms. The molecule has 0 saturated carbocycles. The van der Waals surface area contributed by atoms with E-state index in [1.165, 1.54) is 11.3 Å². The van der Waals surface area contributed by atoms with Gasteiger partial charge >= 0.3 is 0 Å². The molecule has 2 aromatic heterocycles. The second-order valence-corrected chi connectivity index (χ2v) is 9.26. The van der Waals surface area contributed by atoms with Crippen LogP contribution < -0.4 is 10.5 Å². The third kappa shape index (κ3) is 4.18. The molecule has 1 saturated heterocycles. The van der Waals surface area contributed by atoms with Crippen molar-refractivity contribution in [3.05, 3.63) is 75.8 Å². The number of hydrogen-bond donors (Lipinski definition) is 1. The Kier molecular flexibility index (Phi) is 5.76. The van der Waals surface area contributed by atoms with E-state index in [-0.39, 0.29) is 28.7 Å². The number of thiazole rings is 1. The van der Waals surface area contributed by atoms with Crippen LogP contribution in [0.3, 0.4) is 0 Å². The molecular formula is C25H23FN4O2S. The van der Waals surface area contributed by atoms with Crippen LogP contribution in [0.1, 0.15) is 30.4 Å². The number of nitrogens with zero attached hydrogens (tertiary/aromatic N) is 3. The van der Waals surface area contributed by atoms with Gasteiger partial charge in [-0.3, -0.25) is 9.59 Å². The molecule has 3 heterocycles. The summed E-state index contributed by atoms with van der Waals surface area (Å²) in [5, 5.41) is 0.612. The van der Waals surface area contributed by atoms with E-state index in [0.29, 0.717) is 34.9 Å². The predicted octanol–water partition coefficient (Wildman–Crippen LogP) is 4.66. The zero-order chi connectivity index (χ0) is 22.9. The van der Waals surface area contributed by atoms with Gasteiger partial charge in [-0.1, -0.05) is 53.8 Å². The standard InChI is InChI=1S/C25H23FN4O2S/c1-15-7-5-10-17(20(15)26)22-28-23(32)21-24(29-22)33-25(27-21)30-14-6-11-18(30)19(31)13-12-16-8-3-2-4-9-16/h2-5,7-10,18H,6,11-14H2,1H3,(H,28,29,32)/t18-/m1/s1. The normalized spacial score (nSPS) is 15.9. The SMILES string of the molecule is Cc1cccc(-c2nc3sc(N4CCC[C@@H]4C(=O)CCc4ccccc4)nc3c(=O)[nH]2)c1F. The molecule has 1 fully saturated rings. The number of benzene rings is 2. The van der Waals surface area contributed by atoms with E-state index in [9.17, 15) is 14.0 Å². The fourth-order valence-corrected chi connectivity index (χ4v) is 5.33. The molecule has 0 unspecified atom stereocenters. The van der Waals surface area contributed by atoms with E-state index in [2.05, 4.69) is 15.0 Å². The quantitative estimate of drug-likeness (QED) is 0.451. The van der Waals surface area contributed by atoms with Crippen LogP contribution in [0.2, 0.25) is 0 Å². The highest BCUT2D eigenvalue weighted by Gasteiger charge is 2.32. The summed E-state index contributed by atoms with van der Waals surface area (Å²) in [6.45, 7) is 2.38. The number of aromatic amines is 1. The summed E-state index contributed by atoms with van der Waals surface area (Å²) >= 11 is 1.27. The number of nitrogens with one attached hydrogen (secondary N) is 1. The highest BCUT2D eigenvalue weighted by atomic mass is 32.1. The Morgan fingerprint density at radius 1 is 1.18 bits per heavy atom. The lowest BCUT2D eigenvalue weighted by atomic mass is 10.0. The number of H-pyrrole nitrogens is 1. The van der Waals surface area contributed by atoms with Crippen LogP contribution >= 0.6 is 11.3 Å². The maximum Gasteiger partial charge on any atom is 0.278 e. The van der Waals surface area contributed by atoms with E-state index in [1.807, 2.05) is 35.2 Å². The van der Waals surface area contributed by atoms with Crippen molar-refractivity contribution in [1.82, 2.24) is 15.0 Å². The van der Waals surface area contributed by atoms with Crippen LogP contribution in [0.4, 0.5) is 9.52 Å². The highest BCUT2D eigenvalue weighted by Crippen LogP contribution is 2.33. The lowest BCUT2D eigenvalue weighted by Crippen LogP contribution is -2.36. The van der Waals surface area contributed by atoms with Gasteiger partial charge in [-0.05, 0) is 43.4 Å². The minimum Gasteiger partial charge on any atom is -0.338 e. The van der Waals surface area contributed by atoms with Gasteiger partial charge in [0, 0.05) is 13.0 Å². The fourth-order valence-electron chi connectivity index (χ4n) is 4.31. The molecular weight excluding hydrogens is 439 g/mol. The molecule has 0 spiro atoms. The Balaban J connectivity index is 1.42. The Hall–Kier alpha value is -3.39. The smallest absolute Gasteiger partial charge is 0.278 e. The number of rotatable bonds is 6. The van der Waals surface area contributed by atoms with Crippen molar-refractivity contribution in [2.45, 2.75) is 38.6 Å². The fraction of sp³-hybridized carbons (Fsp3) is 0.280. The molecule has 168 valence electrons. The van der Waals surface area contributed by atoms with Gasteiger partial charge in [-0.25, -0.2) is 14.4 Å². The van der Waals surface area contributed by atoms with Crippen molar-refractivity contribution in [2.24, 2.45) is 0 Å². The largest absolute Gasteiger partial charge is 0.338 e. The number of Topliss-reactive ketones (excluding diaryl/α,β-unsaturated/α-hetero) is 1. The molecule has 0 amide bonds. The summed E-state index contributed by atoms with van der Waals surface area (Å²) in [5.74, 6) is -0.0471. The monoisotopic (exact) mass is 462 g/mol. The molecule has 1 N–H and O–H groups in total. The first kappa shape index (κ1) is 21.5. The van der Waals surface area contributed by atoms with Crippen molar-refractivity contribution in [1.29, 1.82) is 0 Å². The van der Waals surface area contributed by atoms with Crippen molar-refractivity contribution < 1.29 is 9.18 Å². The molecule has 1 atom stereocenters. The molecule has 6 nitrogen and oxygen atoms in total. The summed E-state index contributed by atoms with van der Waals surface area (Å²) in [7, 11) is 0. The molecule has 0 aliphatic carbocycles. The van der Waals surface area contributed by atoms with Gasteiger partial charge in [0.1, 0.15) is 11.6 Å². The van der Waals surface area contributed by atoms with Crippen molar-refractivity contribution in [3.63, 3.8) is 0 Å². The first-order valence-corrected chi connectivity index (χ1v) is 11.8. The average Bonchev–Trinajstić information content (AvgIpc) is 3.47. The van der Waals surface area contributed by atoms with E-state index in [4.69, 9.17) is 0 Å². The van der Waals surface area contributed by atoms with Gasteiger partial charge in [0.25, 0.3) is 5.56 Å². The number of aryl methyl sites for hydroxylation is 2. The minimum absolute atomic E-state index is 0.181. The summed E-state index contributed by atoms with van der Waals surface area (Å²) in [5.41, 5.74) is 1.68. The summed E-state index contributed by atoms with van der Waals surface area (Å²) in [6.07, 6.45) is 2.83. The van der Waals surface area contributed by atoms with Gasteiger partial charge in [0.2, 0.25) is 0 Å². The third-order valence-electron chi connectivity index (χ3n) is 6.08. The molecule has 1 aliphatic heterocycles. The van der Waals surface area contributed by atoms with Gasteiger partial charge < -0.3 is 9.88 Å². The summed E-state index contributed by atoms with van der Waals surface area (Å²) in [6, 6.07) is 14.7. The molecule has 2 aromatic carbocycles. The Morgan fingerprint density at radius 2 is 2.00 bits per heavy atom. The van der Waals surface area contributed by atoms with Crippen LogP contribution in [-0.2, 0) is 11.2 Å². The molecule has 4 aromatic rings. The third-order valence-corrected chi connectivity index (χ3v) is 7.06. The summed E-state index contributed by atoms with van der Waals surface area (Å²) < 4.78 is 14.6. The van der Waals surface area contributed by atoms with Gasteiger partial charge in [0.05, 0.1) is 11.6 Å². The van der Waals surface area contributed by atoms with E-state index in [1.54, 1.807) is 25.1 Å². The number of carbonyl (C=O) groups is 1. The summed E-state index contributed by atoms with van der Waals surface area (Å²) in [4.78, 5) is 39.8. The van der Waals surface area contributed by atoms with Crippen molar-refractivity contribution in [2.75, 3.05) is 11.4 Å². The number of carbonyl (C=O) groups excluding carboxylic acids is 1. The Labute approximate surface area is 194 Å². The maximum absolute atomic E-state index is 14.6. The van der Waals surface area contributed by atoms with Crippen LogP contribution in [0, 0.1) is 12.7 Å². The van der Waals surface area contributed by atoms with Crippen LogP contribution in [0.25, 0.3) is 21.7 Å². The van der Waals surface area contributed by atoms with Crippen LogP contribution in [-0.4, -0.2) is 33.3 Å². The second kappa shape index (κ2) is 8.86. The van der Waals surface area contributed by atoms with Crippen LogP contribution in [0.5, 0.6) is 0 Å². The first-order valence-electron chi connectivity index (χ1n) is 11.0. The van der Waals surface area contributed by atoms with Gasteiger partial charge in [-0.15, -0.1) is 0 Å². The average molecular weight is 463 g/mol. The number of hydrogen-bond acceptors (Lipinski definition) is 6. The topological polar surface area (TPSA) is 79.0 Å². The number of anilines is 1. The second-order valence-electron chi connectivity index (χ2n) is 8.30. The predicted molar refractivity (Wildman–Crippen MR) is 128 cm³/mol. The first-order chi connectivity index (χ1) is 16.0. The number of aromatic nitrogens is 3. The van der Waals surface area contributed by atoms with Crippen LogP contribution in [0.15, 0.2) is 53.3 Å². The van der Waals surface area contributed by atoms with Crippen molar-refractivity contribution in [3.8, 4) is 11.4 Å². The Morgan fingerprint density at radius 3 is 2.82 bits per heavy atom. The molecule has 0 bridgehead atoms. The number of ketones is 1. The van der Waals surface area contributed by atoms with E-state index >= 15 is 0 Å². The van der Waals surface area contributed by atoms with Gasteiger partial charge in [-0.2, -0.15) is 0 Å². The zero-order valence-electron chi connectivity index (χ0n) is 18.2. The maximum atomic E-state index is 14.6. The number of halogens is 1. The van der Waals surface area contributed by atoms with E-state index in [0.717, 1.165) is 18.4 Å². The lowest BCUT2D eigenvalue weighted by Gasteiger charge is -2.22. The molecule has 1 aliphatic rings. The van der Waals surface area contributed by atoms with Crippen molar-refractivity contribution >= 4 is 32.6 Å². The van der Waals surface area contributed by atoms with E-state index < -0.39 is 11.4 Å². The number of fused-ring (bicyclic) bond motifs is 1.